The zero-order valence-corrected chi connectivity index (χ0v) is 14.6. The third kappa shape index (κ3) is 4.04. The van der Waals surface area contributed by atoms with Crippen molar-refractivity contribution in [3.8, 4) is 11.8 Å². The van der Waals surface area contributed by atoms with Crippen molar-refractivity contribution in [1.82, 2.24) is 30.8 Å². The zero-order valence-electron chi connectivity index (χ0n) is 11.6. The maximum absolute atomic E-state index is 11.8. The Morgan fingerprint density at radius 2 is 1.17 bits per heavy atom. The fraction of sp³-hybridized carbons (Fsp3) is 0. The molecule has 0 saturated carbocycles. The van der Waals surface area contributed by atoms with E-state index in [0.29, 0.717) is 0 Å². The van der Waals surface area contributed by atoms with E-state index in [1.54, 1.807) is 0 Å². The summed E-state index contributed by atoms with van der Waals surface area (Å²) >= 11 is 0. The van der Waals surface area contributed by atoms with Gasteiger partial charge in [0.05, 0.1) is 11.1 Å². The van der Waals surface area contributed by atoms with Crippen molar-refractivity contribution in [2.75, 3.05) is 0 Å². The molecule has 1 aromatic carbocycles. The van der Waals surface area contributed by atoms with Crippen LogP contribution in [0.25, 0.3) is 0 Å². The largest absolute Gasteiger partial charge is 0.400 e. The molecule has 3 rings (SSSR count). The van der Waals surface area contributed by atoms with Crippen LogP contribution < -0.4 is 9.47 Å². The van der Waals surface area contributed by atoms with Gasteiger partial charge < -0.3 is 9.47 Å². The van der Waals surface area contributed by atoms with Crippen LogP contribution in [0.3, 0.4) is 0 Å². The Balaban J connectivity index is 0.00000192. The first-order valence-electron chi connectivity index (χ1n) is 5.98. The number of hydrogen-bond donors (Lipinski definition) is 2. The Hall–Kier alpha value is -2.94. The van der Waals surface area contributed by atoms with Crippen molar-refractivity contribution in [3.63, 3.8) is 0 Å². The summed E-state index contributed by atoms with van der Waals surface area (Å²) in [4.78, 5) is 23.6. The van der Waals surface area contributed by atoms with Crippen LogP contribution in [0.4, 0.5) is 0 Å². The fourth-order valence-corrected chi connectivity index (χ4v) is 1.53. The van der Waals surface area contributed by atoms with Crippen LogP contribution in [0, 0.1) is 0 Å². The second kappa shape index (κ2) is 7.36. The molecule has 0 aliphatic carbocycles. The summed E-state index contributed by atoms with van der Waals surface area (Å²) in [7, 11) is 0. The first-order valence-corrected chi connectivity index (χ1v) is 5.98. The molecule has 0 atom stereocenters. The van der Waals surface area contributed by atoms with Gasteiger partial charge in [-0.3, -0.25) is 0 Å². The summed E-state index contributed by atoms with van der Waals surface area (Å²) < 4.78 is 9.89. The van der Waals surface area contributed by atoms with Gasteiger partial charge in [0.25, 0.3) is 11.8 Å². The molecule has 0 amide bonds. The van der Waals surface area contributed by atoms with E-state index in [2.05, 4.69) is 30.8 Å². The van der Waals surface area contributed by atoms with Crippen LogP contribution in [0.15, 0.2) is 36.7 Å². The Morgan fingerprint density at radius 3 is 1.48 bits per heavy atom. The molecular formula is C12H8N6O4Zn. The van der Waals surface area contributed by atoms with Crippen LogP contribution in [0.5, 0.6) is 11.8 Å². The number of hydrogen-bond acceptors (Lipinski definition) is 8. The van der Waals surface area contributed by atoms with E-state index >= 15 is 0 Å². The van der Waals surface area contributed by atoms with Crippen molar-refractivity contribution in [2.45, 2.75) is 0 Å². The van der Waals surface area contributed by atoms with Gasteiger partial charge in [-0.25, -0.2) is 9.59 Å². The van der Waals surface area contributed by atoms with Crippen LogP contribution in [-0.4, -0.2) is 42.8 Å². The number of nitrogens with zero attached hydrogens (tertiary/aromatic N) is 4. The molecule has 11 heteroatoms. The Morgan fingerprint density at radius 1 is 0.783 bits per heavy atom. The molecule has 0 radical (unpaired) electrons. The molecule has 23 heavy (non-hydrogen) atoms. The average molecular weight is 366 g/mol. The van der Waals surface area contributed by atoms with Crippen molar-refractivity contribution in [3.05, 3.63) is 47.8 Å². The molecule has 2 heterocycles. The van der Waals surface area contributed by atoms with Crippen LogP contribution in [0.2, 0.25) is 0 Å². The van der Waals surface area contributed by atoms with E-state index < -0.39 is 11.9 Å². The molecule has 3 aromatic rings. The second-order valence-corrected chi connectivity index (χ2v) is 3.97. The first-order chi connectivity index (χ1) is 10.7. The standard InChI is InChI=1S/C12H8N6O4.Zn/c19-11(21-9-5-13-17-15-9)7-1-2-8(4-3-7)12(20)22-10-6-14-18-16-10;/h1-6H,(H,13,15,17)(H,14,16,18);. The van der Waals surface area contributed by atoms with Gasteiger partial charge in [-0.2, -0.15) is 20.6 Å². The van der Waals surface area contributed by atoms with E-state index in [1.807, 2.05) is 0 Å². The minimum Gasteiger partial charge on any atom is -0.400 e. The topological polar surface area (TPSA) is 136 Å². The van der Waals surface area contributed by atoms with Crippen molar-refractivity contribution >= 4 is 11.9 Å². The maximum atomic E-state index is 11.8. The normalized spacial score (nSPS) is 9.74. The van der Waals surface area contributed by atoms with E-state index in [0.717, 1.165) is 0 Å². The molecule has 0 spiro atoms. The number of carbonyl (C=O) groups excluding carboxylic acids is 2. The van der Waals surface area contributed by atoms with Crippen LogP contribution in [0.1, 0.15) is 20.7 Å². The molecular weight excluding hydrogens is 358 g/mol. The van der Waals surface area contributed by atoms with Gasteiger partial charge in [0, 0.05) is 19.5 Å². The number of esters is 2. The van der Waals surface area contributed by atoms with Crippen molar-refractivity contribution in [2.24, 2.45) is 0 Å². The molecule has 0 aliphatic rings. The molecule has 0 saturated heterocycles. The molecule has 0 fully saturated rings. The zero-order chi connectivity index (χ0) is 15.4. The number of aromatic nitrogens is 6. The van der Waals surface area contributed by atoms with Crippen LogP contribution in [-0.2, 0) is 19.5 Å². The molecule has 0 bridgehead atoms. The Kier molecular flexibility index (Phi) is 5.26. The number of aromatic amines is 2. The van der Waals surface area contributed by atoms with Gasteiger partial charge in [0.1, 0.15) is 12.4 Å². The molecule has 0 unspecified atom stereocenters. The summed E-state index contributed by atoms with van der Waals surface area (Å²) in [5.74, 6) is -1.13. The minimum atomic E-state index is -0.620. The molecule has 0 aliphatic heterocycles. The number of carbonyl (C=O) groups is 2. The van der Waals surface area contributed by atoms with E-state index in [-0.39, 0.29) is 42.4 Å². The van der Waals surface area contributed by atoms with Crippen LogP contribution >= 0.6 is 0 Å². The molecule has 10 nitrogen and oxygen atoms in total. The fourth-order valence-electron chi connectivity index (χ4n) is 1.53. The van der Waals surface area contributed by atoms with Gasteiger partial charge >= 0.3 is 11.9 Å². The predicted molar refractivity (Wildman–Crippen MR) is 69.1 cm³/mol. The number of benzene rings is 1. The summed E-state index contributed by atoms with van der Waals surface area (Å²) in [6.07, 6.45) is 2.53. The Bertz CT molecular complexity index is 705. The summed E-state index contributed by atoms with van der Waals surface area (Å²) in [5.41, 5.74) is 0.502. The van der Waals surface area contributed by atoms with Crippen molar-refractivity contribution in [1.29, 1.82) is 0 Å². The Labute approximate surface area is 141 Å². The quantitative estimate of drug-likeness (QED) is 0.499. The van der Waals surface area contributed by atoms with Gasteiger partial charge in [-0.1, -0.05) is 0 Å². The van der Waals surface area contributed by atoms with E-state index in [9.17, 15) is 9.59 Å². The molecule has 2 N–H and O–H groups in total. The van der Waals surface area contributed by atoms with Gasteiger partial charge in [-0.15, -0.1) is 10.2 Å². The molecule has 112 valence electrons. The van der Waals surface area contributed by atoms with Gasteiger partial charge in [0.15, 0.2) is 0 Å². The summed E-state index contributed by atoms with van der Waals surface area (Å²) in [6, 6.07) is 5.73. The number of rotatable bonds is 4. The minimum absolute atomic E-state index is 0. The number of ether oxygens (including phenoxy) is 2. The second-order valence-electron chi connectivity index (χ2n) is 3.97. The summed E-state index contributed by atoms with van der Waals surface area (Å²) in [6.45, 7) is 0. The molecule has 2 aromatic heterocycles. The smallest absolute Gasteiger partial charge is 0.344 e. The SMILES string of the molecule is O=C(Oc1cn[nH]n1)c1ccc(C(=O)Oc2cn[nH]n2)cc1.[Zn]. The monoisotopic (exact) mass is 364 g/mol. The summed E-state index contributed by atoms with van der Waals surface area (Å²) in [5, 5.41) is 18.9. The maximum Gasteiger partial charge on any atom is 0.344 e. The van der Waals surface area contributed by atoms with Gasteiger partial charge in [0.2, 0.25) is 0 Å². The predicted octanol–water partition coefficient (Wildman–Crippen LogP) is 0.359. The third-order valence-corrected chi connectivity index (χ3v) is 2.54. The average Bonchev–Trinajstić information content (AvgIpc) is 3.21. The van der Waals surface area contributed by atoms with Crippen molar-refractivity contribution < 1.29 is 38.5 Å². The van der Waals surface area contributed by atoms with E-state index in [4.69, 9.17) is 9.47 Å². The first kappa shape index (κ1) is 16.4. The van der Waals surface area contributed by atoms with E-state index in [1.165, 1.54) is 36.7 Å². The number of H-pyrrole nitrogens is 2. The number of nitrogens with one attached hydrogen (secondary N) is 2. The van der Waals surface area contributed by atoms with Gasteiger partial charge in [-0.05, 0) is 24.3 Å². The third-order valence-electron chi connectivity index (χ3n) is 2.54.